The summed E-state index contributed by atoms with van der Waals surface area (Å²) < 4.78 is 2.31. The van der Waals surface area contributed by atoms with E-state index in [4.69, 9.17) is 15.0 Å². The van der Waals surface area contributed by atoms with E-state index in [9.17, 15) is 0 Å². The average molecular weight is 575 g/mol. The molecule has 8 rings (SSSR count). The minimum atomic E-state index is 0.624. The second-order valence-corrected chi connectivity index (χ2v) is 10.8. The lowest BCUT2D eigenvalue weighted by atomic mass is 10.1. The van der Waals surface area contributed by atoms with E-state index >= 15 is 0 Å². The first-order valence-electron chi connectivity index (χ1n) is 14.9. The van der Waals surface area contributed by atoms with Gasteiger partial charge in [-0.15, -0.1) is 0 Å². The predicted molar refractivity (Wildman–Crippen MR) is 183 cm³/mol. The van der Waals surface area contributed by atoms with Gasteiger partial charge in [0.25, 0.3) is 0 Å². The zero-order valence-corrected chi connectivity index (χ0v) is 24.3. The van der Waals surface area contributed by atoms with Gasteiger partial charge in [-0.1, -0.05) is 121 Å². The number of hydrogen-bond acceptors (Lipinski definition) is 3. The minimum absolute atomic E-state index is 0.624. The molecule has 0 saturated carbocycles. The molecule has 8 aromatic rings. The van der Waals surface area contributed by atoms with Gasteiger partial charge in [0.2, 0.25) is 0 Å². The molecule has 0 N–H and O–H groups in total. The molecule has 0 radical (unpaired) electrons. The molecule has 0 aliphatic carbocycles. The zero-order chi connectivity index (χ0) is 30.0. The molecule has 0 spiro atoms. The largest absolute Gasteiger partial charge is 0.308 e. The average Bonchev–Trinajstić information content (AvgIpc) is 3.46. The zero-order valence-electron chi connectivity index (χ0n) is 24.3. The van der Waals surface area contributed by atoms with E-state index in [-0.39, 0.29) is 0 Å². The molecule has 4 heteroatoms. The van der Waals surface area contributed by atoms with Crippen LogP contribution in [0.4, 0.5) is 0 Å². The Morgan fingerprint density at radius 1 is 0.378 bits per heavy atom. The summed E-state index contributed by atoms with van der Waals surface area (Å²) in [5.41, 5.74) is 8.07. The fraction of sp³-hybridized carbons (Fsp3) is 0. The third-order valence-corrected chi connectivity index (χ3v) is 7.91. The molecule has 0 saturated heterocycles. The van der Waals surface area contributed by atoms with Gasteiger partial charge in [-0.25, -0.2) is 15.0 Å². The molecule has 0 aliphatic rings. The highest BCUT2D eigenvalue weighted by Crippen LogP contribution is 2.33. The topological polar surface area (TPSA) is 43.6 Å². The van der Waals surface area contributed by atoms with Crippen LogP contribution in [0.5, 0.6) is 0 Å². The number of para-hydroxylation sites is 3. The molecule has 0 aliphatic heterocycles. The SMILES string of the molecule is C(#Cc1ccccc1-n1c2ccccc2c2ccccc21)c1ccc(-c2nc(-c3ccccc3)nc(-c3ccccc3)n2)cc1. The van der Waals surface area contributed by atoms with Crippen molar-refractivity contribution in [2.75, 3.05) is 0 Å². The maximum Gasteiger partial charge on any atom is 0.164 e. The molecule has 2 aromatic heterocycles. The molecular weight excluding hydrogens is 548 g/mol. The number of aromatic nitrogens is 4. The molecule has 2 heterocycles. The third-order valence-electron chi connectivity index (χ3n) is 7.91. The van der Waals surface area contributed by atoms with E-state index in [0.29, 0.717) is 17.5 Å². The Balaban J connectivity index is 1.17. The summed E-state index contributed by atoms with van der Waals surface area (Å²) in [5.74, 6) is 8.76. The molecule has 210 valence electrons. The van der Waals surface area contributed by atoms with Crippen molar-refractivity contribution in [2.24, 2.45) is 0 Å². The Morgan fingerprint density at radius 3 is 1.38 bits per heavy atom. The van der Waals surface area contributed by atoms with E-state index in [1.807, 2.05) is 91.0 Å². The standard InChI is InChI=1S/C41H26N4/c1-3-14-31(15-4-1)39-42-40(32-16-5-2-6-17-32)44-41(43-39)33-27-24-29(25-28-33)23-26-30-13-7-10-20-36(30)45-37-21-11-8-18-34(37)35-19-9-12-22-38(35)45/h1-22,24-25,27-28H. The van der Waals surface area contributed by atoms with Crippen LogP contribution in [-0.2, 0) is 0 Å². The first kappa shape index (κ1) is 26.3. The van der Waals surface area contributed by atoms with Crippen molar-refractivity contribution >= 4 is 21.8 Å². The van der Waals surface area contributed by atoms with Crippen LogP contribution < -0.4 is 0 Å². The second kappa shape index (κ2) is 11.4. The van der Waals surface area contributed by atoms with Crippen molar-refractivity contribution in [1.82, 2.24) is 19.5 Å². The highest BCUT2D eigenvalue weighted by Gasteiger charge is 2.14. The van der Waals surface area contributed by atoms with Crippen molar-refractivity contribution in [1.29, 1.82) is 0 Å². The summed E-state index contributed by atoms with van der Waals surface area (Å²) >= 11 is 0. The Hall–Kier alpha value is -6.31. The molecule has 0 bridgehead atoms. The van der Waals surface area contributed by atoms with Crippen molar-refractivity contribution in [2.45, 2.75) is 0 Å². The molecule has 4 nitrogen and oxygen atoms in total. The fourth-order valence-corrected chi connectivity index (χ4v) is 5.74. The van der Waals surface area contributed by atoms with Crippen LogP contribution in [0.1, 0.15) is 11.1 Å². The number of nitrogens with zero attached hydrogens (tertiary/aromatic N) is 4. The fourth-order valence-electron chi connectivity index (χ4n) is 5.74. The van der Waals surface area contributed by atoms with Gasteiger partial charge >= 0.3 is 0 Å². The lowest BCUT2D eigenvalue weighted by molar-refractivity contribution is 1.07. The lowest BCUT2D eigenvalue weighted by Gasteiger charge is -2.10. The van der Waals surface area contributed by atoms with Crippen molar-refractivity contribution in [3.8, 4) is 51.7 Å². The quantitative estimate of drug-likeness (QED) is 0.197. The number of rotatable bonds is 4. The maximum atomic E-state index is 4.85. The van der Waals surface area contributed by atoms with Crippen molar-refractivity contribution in [3.63, 3.8) is 0 Å². The minimum Gasteiger partial charge on any atom is -0.308 e. The highest BCUT2D eigenvalue weighted by atomic mass is 15.0. The second-order valence-electron chi connectivity index (χ2n) is 10.8. The van der Waals surface area contributed by atoms with Gasteiger partial charge in [-0.05, 0) is 48.5 Å². The smallest absolute Gasteiger partial charge is 0.164 e. The van der Waals surface area contributed by atoms with Crippen LogP contribution in [-0.4, -0.2) is 19.5 Å². The summed E-state index contributed by atoms with van der Waals surface area (Å²) in [4.78, 5) is 14.5. The lowest BCUT2D eigenvalue weighted by Crippen LogP contribution is -2.00. The van der Waals surface area contributed by atoms with Crippen LogP contribution in [0.3, 0.4) is 0 Å². The Morgan fingerprint density at radius 2 is 0.822 bits per heavy atom. The van der Waals surface area contributed by atoms with Gasteiger partial charge in [-0.3, -0.25) is 0 Å². The Labute approximate surface area is 261 Å². The van der Waals surface area contributed by atoms with Gasteiger partial charge < -0.3 is 4.57 Å². The summed E-state index contributed by atoms with van der Waals surface area (Å²) in [6, 6.07) is 53.6. The number of benzene rings is 6. The van der Waals surface area contributed by atoms with E-state index in [0.717, 1.165) is 33.5 Å². The van der Waals surface area contributed by atoms with Crippen LogP contribution in [0.2, 0.25) is 0 Å². The van der Waals surface area contributed by atoms with Gasteiger partial charge in [0.1, 0.15) is 0 Å². The van der Waals surface area contributed by atoms with Crippen LogP contribution in [0.25, 0.3) is 61.7 Å². The number of hydrogen-bond donors (Lipinski definition) is 0. The van der Waals surface area contributed by atoms with Gasteiger partial charge in [0, 0.05) is 38.6 Å². The molecule has 45 heavy (non-hydrogen) atoms. The van der Waals surface area contributed by atoms with Crippen LogP contribution in [0, 0.1) is 11.8 Å². The third kappa shape index (κ3) is 5.03. The van der Waals surface area contributed by atoms with Crippen LogP contribution in [0.15, 0.2) is 158 Å². The van der Waals surface area contributed by atoms with Gasteiger partial charge in [0.05, 0.1) is 16.7 Å². The van der Waals surface area contributed by atoms with Crippen LogP contribution >= 0.6 is 0 Å². The normalized spacial score (nSPS) is 10.9. The van der Waals surface area contributed by atoms with E-state index in [2.05, 4.69) is 83.1 Å². The Bertz CT molecular complexity index is 2250. The molecular formula is C41H26N4. The van der Waals surface area contributed by atoms with E-state index < -0.39 is 0 Å². The highest BCUT2D eigenvalue weighted by molar-refractivity contribution is 6.09. The molecule has 6 aromatic carbocycles. The summed E-state index contributed by atoms with van der Waals surface area (Å²) in [5, 5.41) is 2.46. The molecule has 0 unspecified atom stereocenters. The molecule has 0 fully saturated rings. The van der Waals surface area contributed by atoms with Crippen molar-refractivity contribution < 1.29 is 0 Å². The van der Waals surface area contributed by atoms with Crippen molar-refractivity contribution in [3.05, 3.63) is 169 Å². The van der Waals surface area contributed by atoms with Gasteiger partial charge in [-0.2, -0.15) is 0 Å². The first-order chi connectivity index (χ1) is 22.3. The summed E-state index contributed by atoms with van der Waals surface area (Å²) in [6.07, 6.45) is 0. The molecule has 0 amide bonds. The Kier molecular flexibility index (Phi) is 6.67. The monoisotopic (exact) mass is 574 g/mol. The predicted octanol–water partition coefficient (Wildman–Crippen LogP) is 9.37. The van der Waals surface area contributed by atoms with E-state index in [1.165, 1.54) is 21.8 Å². The number of fused-ring (bicyclic) bond motifs is 3. The van der Waals surface area contributed by atoms with E-state index in [1.54, 1.807) is 0 Å². The first-order valence-corrected chi connectivity index (χ1v) is 14.9. The summed E-state index contributed by atoms with van der Waals surface area (Å²) in [7, 11) is 0. The molecule has 0 atom stereocenters. The van der Waals surface area contributed by atoms with Gasteiger partial charge in [0.15, 0.2) is 17.5 Å². The maximum absolute atomic E-state index is 4.85. The summed E-state index contributed by atoms with van der Waals surface area (Å²) in [6.45, 7) is 0.